The standard InChI is InChI=1S/C21H34O3/c1-6-7-8-9-10-11-12-13-14-15-18-20(23-4)17(2)16-19(22-3)21(18)24-5/h6,16H,1,7-15H2,2-5H3. The van der Waals surface area contributed by atoms with E-state index < -0.39 is 0 Å². The van der Waals surface area contributed by atoms with E-state index >= 15 is 0 Å². The quantitative estimate of drug-likeness (QED) is 0.333. The highest BCUT2D eigenvalue weighted by Gasteiger charge is 2.18. The zero-order valence-electron chi connectivity index (χ0n) is 16.0. The first kappa shape index (κ1) is 20.4. The molecule has 0 spiro atoms. The SMILES string of the molecule is C=CCCCCCCCCCc1c(OC)c(C)cc(OC)c1OC. The Balaban J connectivity index is 2.51. The number of hydrogen-bond donors (Lipinski definition) is 0. The predicted molar refractivity (Wildman–Crippen MR) is 102 cm³/mol. The summed E-state index contributed by atoms with van der Waals surface area (Å²) in [6.07, 6.45) is 13.1. The first-order valence-electron chi connectivity index (χ1n) is 9.08. The van der Waals surface area contributed by atoms with Crippen LogP contribution in [-0.4, -0.2) is 21.3 Å². The van der Waals surface area contributed by atoms with Crippen molar-refractivity contribution < 1.29 is 14.2 Å². The van der Waals surface area contributed by atoms with Gasteiger partial charge in [-0.2, -0.15) is 0 Å². The number of methoxy groups -OCH3 is 3. The molecule has 1 rings (SSSR count). The van der Waals surface area contributed by atoms with Crippen molar-refractivity contribution in [1.82, 2.24) is 0 Å². The van der Waals surface area contributed by atoms with Gasteiger partial charge >= 0.3 is 0 Å². The molecule has 0 radical (unpaired) electrons. The molecule has 0 saturated carbocycles. The van der Waals surface area contributed by atoms with Crippen molar-refractivity contribution in [2.75, 3.05) is 21.3 Å². The number of rotatable bonds is 13. The fourth-order valence-corrected chi connectivity index (χ4v) is 3.18. The average molecular weight is 335 g/mol. The summed E-state index contributed by atoms with van der Waals surface area (Å²) in [5, 5.41) is 0. The molecule has 0 aliphatic rings. The summed E-state index contributed by atoms with van der Waals surface area (Å²) < 4.78 is 16.7. The summed E-state index contributed by atoms with van der Waals surface area (Å²) in [5.74, 6) is 2.52. The highest BCUT2D eigenvalue weighted by molar-refractivity contribution is 5.57. The molecular weight excluding hydrogens is 300 g/mol. The highest BCUT2D eigenvalue weighted by atomic mass is 16.5. The van der Waals surface area contributed by atoms with Gasteiger partial charge in [0.25, 0.3) is 0 Å². The second kappa shape index (κ2) is 11.8. The van der Waals surface area contributed by atoms with E-state index in [0.29, 0.717) is 0 Å². The van der Waals surface area contributed by atoms with Crippen LogP contribution in [-0.2, 0) is 6.42 Å². The van der Waals surface area contributed by atoms with Crippen LogP contribution in [0.3, 0.4) is 0 Å². The molecule has 0 fully saturated rings. The van der Waals surface area contributed by atoms with Gasteiger partial charge in [-0.3, -0.25) is 0 Å². The van der Waals surface area contributed by atoms with Crippen LogP contribution >= 0.6 is 0 Å². The summed E-state index contributed by atoms with van der Waals surface area (Å²) in [6.45, 7) is 5.81. The van der Waals surface area contributed by atoms with E-state index in [1.165, 1.54) is 38.5 Å². The minimum atomic E-state index is 0.785. The van der Waals surface area contributed by atoms with Gasteiger partial charge in [-0.1, -0.05) is 38.2 Å². The van der Waals surface area contributed by atoms with E-state index in [2.05, 4.69) is 6.58 Å². The van der Waals surface area contributed by atoms with Crippen molar-refractivity contribution >= 4 is 0 Å². The lowest BCUT2D eigenvalue weighted by Gasteiger charge is -2.18. The molecule has 0 aliphatic heterocycles. The lowest BCUT2D eigenvalue weighted by Crippen LogP contribution is -2.02. The summed E-state index contributed by atoms with van der Waals surface area (Å²) in [6, 6.07) is 1.98. The van der Waals surface area contributed by atoms with Crippen molar-refractivity contribution in [2.45, 2.75) is 64.7 Å². The van der Waals surface area contributed by atoms with Crippen LogP contribution < -0.4 is 14.2 Å². The molecule has 0 bridgehead atoms. The van der Waals surface area contributed by atoms with Gasteiger partial charge in [0.1, 0.15) is 5.75 Å². The molecule has 0 saturated heterocycles. The number of aryl methyl sites for hydroxylation is 1. The Morgan fingerprint density at radius 3 is 1.96 bits per heavy atom. The molecule has 0 unspecified atom stereocenters. The molecule has 3 nitrogen and oxygen atoms in total. The molecule has 24 heavy (non-hydrogen) atoms. The molecule has 3 heteroatoms. The van der Waals surface area contributed by atoms with Gasteiger partial charge in [-0.25, -0.2) is 0 Å². The Morgan fingerprint density at radius 1 is 0.833 bits per heavy atom. The van der Waals surface area contributed by atoms with Crippen molar-refractivity contribution in [3.8, 4) is 17.2 Å². The zero-order valence-corrected chi connectivity index (χ0v) is 16.0. The van der Waals surface area contributed by atoms with E-state index in [1.54, 1.807) is 21.3 Å². The zero-order chi connectivity index (χ0) is 17.8. The maximum Gasteiger partial charge on any atom is 0.167 e. The van der Waals surface area contributed by atoms with Crippen LogP contribution in [0.1, 0.15) is 62.5 Å². The summed E-state index contributed by atoms with van der Waals surface area (Å²) in [4.78, 5) is 0. The van der Waals surface area contributed by atoms with E-state index in [1.807, 2.05) is 19.1 Å². The average Bonchev–Trinajstić information content (AvgIpc) is 2.59. The number of benzene rings is 1. The Hall–Kier alpha value is -1.64. The maximum absolute atomic E-state index is 5.61. The molecule has 1 aromatic rings. The van der Waals surface area contributed by atoms with E-state index in [-0.39, 0.29) is 0 Å². The summed E-state index contributed by atoms with van der Waals surface area (Å²) in [7, 11) is 5.10. The smallest absolute Gasteiger partial charge is 0.167 e. The van der Waals surface area contributed by atoms with E-state index in [0.717, 1.165) is 47.6 Å². The summed E-state index contributed by atoms with van der Waals surface area (Å²) in [5.41, 5.74) is 2.22. The van der Waals surface area contributed by atoms with Gasteiger partial charge in [-0.15, -0.1) is 6.58 Å². The third-order valence-electron chi connectivity index (χ3n) is 4.44. The first-order valence-corrected chi connectivity index (χ1v) is 9.08. The minimum Gasteiger partial charge on any atom is -0.496 e. The maximum atomic E-state index is 5.61. The second-order valence-corrected chi connectivity index (χ2v) is 6.24. The van der Waals surface area contributed by atoms with Gasteiger partial charge in [-0.05, 0) is 44.2 Å². The van der Waals surface area contributed by atoms with Gasteiger partial charge in [0.2, 0.25) is 0 Å². The highest BCUT2D eigenvalue weighted by Crippen LogP contribution is 2.40. The van der Waals surface area contributed by atoms with Crippen molar-refractivity contribution in [2.24, 2.45) is 0 Å². The predicted octanol–water partition coefficient (Wildman–Crippen LogP) is 5.87. The van der Waals surface area contributed by atoms with Crippen molar-refractivity contribution in [3.63, 3.8) is 0 Å². The Kier molecular flexibility index (Phi) is 10.1. The Bertz CT molecular complexity index is 494. The number of hydrogen-bond acceptors (Lipinski definition) is 3. The molecule has 136 valence electrons. The first-order chi connectivity index (χ1) is 11.7. The van der Waals surface area contributed by atoms with Crippen molar-refractivity contribution in [3.05, 3.63) is 29.8 Å². The Labute approximate surface area is 148 Å². The molecule has 0 heterocycles. The molecular formula is C21H34O3. The number of ether oxygens (including phenoxy) is 3. The fraction of sp³-hybridized carbons (Fsp3) is 0.619. The summed E-state index contributed by atoms with van der Waals surface area (Å²) >= 11 is 0. The van der Waals surface area contributed by atoms with Crippen LogP contribution in [0.5, 0.6) is 17.2 Å². The van der Waals surface area contributed by atoms with Crippen LogP contribution in [0, 0.1) is 6.92 Å². The monoisotopic (exact) mass is 334 g/mol. The van der Waals surface area contributed by atoms with Crippen molar-refractivity contribution in [1.29, 1.82) is 0 Å². The largest absolute Gasteiger partial charge is 0.496 e. The third-order valence-corrected chi connectivity index (χ3v) is 4.44. The molecule has 0 aromatic heterocycles. The topological polar surface area (TPSA) is 27.7 Å². The van der Waals surface area contributed by atoms with Gasteiger partial charge in [0, 0.05) is 5.56 Å². The van der Waals surface area contributed by atoms with E-state index in [4.69, 9.17) is 14.2 Å². The molecule has 0 atom stereocenters. The fourth-order valence-electron chi connectivity index (χ4n) is 3.18. The third kappa shape index (κ3) is 6.10. The Morgan fingerprint density at radius 2 is 1.42 bits per heavy atom. The molecule has 0 N–H and O–H groups in total. The van der Waals surface area contributed by atoms with Crippen LogP contribution in [0.25, 0.3) is 0 Å². The normalized spacial score (nSPS) is 10.5. The minimum absolute atomic E-state index is 0.785. The van der Waals surface area contributed by atoms with Gasteiger partial charge in [0.15, 0.2) is 11.5 Å². The van der Waals surface area contributed by atoms with Crippen LogP contribution in [0.4, 0.5) is 0 Å². The van der Waals surface area contributed by atoms with Gasteiger partial charge in [0.05, 0.1) is 21.3 Å². The number of unbranched alkanes of at least 4 members (excludes halogenated alkanes) is 7. The van der Waals surface area contributed by atoms with Gasteiger partial charge < -0.3 is 14.2 Å². The van der Waals surface area contributed by atoms with Crippen LogP contribution in [0.2, 0.25) is 0 Å². The molecule has 0 amide bonds. The van der Waals surface area contributed by atoms with Crippen LogP contribution in [0.15, 0.2) is 18.7 Å². The lowest BCUT2D eigenvalue weighted by molar-refractivity contribution is 0.342. The lowest BCUT2D eigenvalue weighted by atomic mass is 10.00. The van der Waals surface area contributed by atoms with E-state index in [9.17, 15) is 0 Å². The second-order valence-electron chi connectivity index (χ2n) is 6.24. The molecule has 1 aromatic carbocycles. The molecule has 0 aliphatic carbocycles. The number of allylic oxidation sites excluding steroid dienone is 1.